The largest absolute Gasteiger partial charge is 0.344 e. The molecule has 0 saturated heterocycles. The van der Waals surface area contributed by atoms with Gasteiger partial charge in [0.25, 0.3) is 0 Å². The van der Waals surface area contributed by atoms with E-state index in [9.17, 15) is 0 Å². The van der Waals surface area contributed by atoms with Gasteiger partial charge in [-0.3, -0.25) is 0 Å². The Labute approximate surface area is 97.1 Å². The quantitative estimate of drug-likeness (QED) is 0.840. The number of aryl methyl sites for hydroxylation is 1. The van der Waals surface area contributed by atoms with E-state index in [-0.39, 0.29) is 0 Å². The molecule has 2 heteroatoms. The molecule has 2 N–H and O–H groups in total. The minimum atomic E-state index is 0.495. The zero-order chi connectivity index (χ0) is 11.7. The fourth-order valence-electron chi connectivity index (χ4n) is 2.32. The topological polar surface area (TPSA) is 30.9 Å². The number of para-hydroxylation sites is 1. The standard InChI is InChI=1S/C14H20N2/c1-10(2)16-9-11(3)13-6-4-5-12(7-8-15)14(13)16/h4-6,9-10H,7-8,15H2,1-3H3. The van der Waals surface area contributed by atoms with Crippen molar-refractivity contribution in [3.63, 3.8) is 0 Å². The van der Waals surface area contributed by atoms with Crippen molar-refractivity contribution in [2.24, 2.45) is 5.73 Å². The Hall–Kier alpha value is -1.28. The van der Waals surface area contributed by atoms with E-state index in [1.165, 1.54) is 22.0 Å². The monoisotopic (exact) mass is 216 g/mol. The summed E-state index contributed by atoms with van der Waals surface area (Å²) in [6, 6.07) is 7.01. The molecule has 2 rings (SSSR count). The fraction of sp³-hybridized carbons (Fsp3) is 0.429. The molecule has 0 aliphatic heterocycles. The molecular weight excluding hydrogens is 196 g/mol. The molecule has 0 radical (unpaired) electrons. The van der Waals surface area contributed by atoms with Crippen LogP contribution in [0.1, 0.15) is 31.0 Å². The highest BCUT2D eigenvalue weighted by Crippen LogP contribution is 2.27. The second-order valence-corrected chi connectivity index (χ2v) is 4.67. The van der Waals surface area contributed by atoms with E-state index in [2.05, 4.69) is 49.7 Å². The Morgan fingerprint density at radius 3 is 2.69 bits per heavy atom. The second-order valence-electron chi connectivity index (χ2n) is 4.67. The Balaban J connectivity index is 2.72. The Morgan fingerprint density at radius 2 is 2.06 bits per heavy atom. The van der Waals surface area contributed by atoms with Gasteiger partial charge in [-0.1, -0.05) is 18.2 Å². The fourth-order valence-corrected chi connectivity index (χ4v) is 2.32. The maximum absolute atomic E-state index is 5.68. The molecule has 0 saturated carbocycles. The first-order chi connectivity index (χ1) is 7.65. The molecule has 2 aromatic rings. The first-order valence-electron chi connectivity index (χ1n) is 5.94. The molecule has 2 nitrogen and oxygen atoms in total. The lowest BCUT2D eigenvalue weighted by Gasteiger charge is -2.12. The summed E-state index contributed by atoms with van der Waals surface area (Å²) in [4.78, 5) is 0. The predicted octanol–water partition coefficient (Wildman–Crippen LogP) is 3.03. The number of fused-ring (bicyclic) bond motifs is 1. The molecule has 0 unspecified atom stereocenters. The summed E-state index contributed by atoms with van der Waals surface area (Å²) in [7, 11) is 0. The van der Waals surface area contributed by atoms with Gasteiger partial charge in [-0.15, -0.1) is 0 Å². The van der Waals surface area contributed by atoms with E-state index in [4.69, 9.17) is 5.73 Å². The molecule has 0 amide bonds. The third-order valence-corrected chi connectivity index (χ3v) is 3.11. The summed E-state index contributed by atoms with van der Waals surface area (Å²) >= 11 is 0. The van der Waals surface area contributed by atoms with Crippen LogP contribution >= 0.6 is 0 Å². The van der Waals surface area contributed by atoms with Crippen molar-refractivity contribution in [2.75, 3.05) is 6.54 Å². The highest BCUT2D eigenvalue weighted by molar-refractivity contribution is 5.86. The molecule has 1 aromatic carbocycles. The van der Waals surface area contributed by atoms with Crippen LogP contribution in [0.4, 0.5) is 0 Å². The molecular formula is C14H20N2. The molecule has 1 heterocycles. The van der Waals surface area contributed by atoms with Crippen LogP contribution in [0.2, 0.25) is 0 Å². The Kier molecular flexibility index (Phi) is 3.01. The van der Waals surface area contributed by atoms with E-state index in [0.29, 0.717) is 12.6 Å². The lowest BCUT2D eigenvalue weighted by atomic mass is 10.1. The van der Waals surface area contributed by atoms with Crippen molar-refractivity contribution in [2.45, 2.75) is 33.2 Å². The lowest BCUT2D eigenvalue weighted by molar-refractivity contribution is 0.620. The first kappa shape index (κ1) is 11.2. The Bertz CT molecular complexity index is 495. The summed E-state index contributed by atoms with van der Waals surface area (Å²) in [5.74, 6) is 0. The average Bonchev–Trinajstić information content (AvgIpc) is 2.58. The molecule has 1 aromatic heterocycles. The van der Waals surface area contributed by atoms with E-state index < -0.39 is 0 Å². The molecule has 0 aliphatic carbocycles. The van der Waals surface area contributed by atoms with Gasteiger partial charge in [0.05, 0.1) is 5.52 Å². The zero-order valence-electron chi connectivity index (χ0n) is 10.3. The number of benzene rings is 1. The maximum atomic E-state index is 5.68. The van der Waals surface area contributed by atoms with Crippen LogP contribution in [0.15, 0.2) is 24.4 Å². The molecule has 0 atom stereocenters. The van der Waals surface area contributed by atoms with Crippen LogP contribution in [-0.4, -0.2) is 11.1 Å². The highest BCUT2D eigenvalue weighted by atomic mass is 15.0. The number of rotatable bonds is 3. The van der Waals surface area contributed by atoms with Crippen LogP contribution in [0, 0.1) is 6.92 Å². The van der Waals surface area contributed by atoms with E-state index in [1.807, 2.05) is 0 Å². The normalized spacial score (nSPS) is 11.6. The van der Waals surface area contributed by atoms with Gasteiger partial charge in [-0.05, 0) is 44.9 Å². The molecule has 0 aliphatic rings. The average molecular weight is 216 g/mol. The third-order valence-electron chi connectivity index (χ3n) is 3.11. The minimum Gasteiger partial charge on any atom is -0.344 e. The van der Waals surface area contributed by atoms with Crippen LogP contribution in [0.3, 0.4) is 0 Å². The van der Waals surface area contributed by atoms with Gasteiger partial charge in [-0.2, -0.15) is 0 Å². The molecule has 0 spiro atoms. The van der Waals surface area contributed by atoms with Gasteiger partial charge in [0, 0.05) is 17.6 Å². The zero-order valence-corrected chi connectivity index (χ0v) is 10.3. The van der Waals surface area contributed by atoms with Gasteiger partial charge < -0.3 is 10.3 Å². The highest BCUT2D eigenvalue weighted by Gasteiger charge is 2.10. The maximum Gasteiger partial charge on any atom is 0.0518 e. The van der Waals surface area contributed by atoms with E-state index in [1.54, 1.807) is 0 Å². The van der Waals surface area contributed by atoms with Gasteiger partial charge in [-0.25, -0.2) is 0 Å². The molecule has 86 valence electrons. The smallest absolute Gasteiger partial charge is 0.0518 e. The SMILES string of the molecule is Cc1cn(C(C)C)c2c(CCN)cccc12. The van der Waals surface area contributed by atoms with Gasteiger partial charge in [0.2, 0.25) is 0 Å². The third kappa shape index (κ3) is 1.74. The summed E-state index contributed by atoms with van der Waals surface area (Å²) in [5.41, 5.74) is 9.75. The Morgan fingerprint density at radius 1 is 1.31 bits per heavy atom. The van der Waals surface area contributed by atoms with Crippen molar-refractivity contribution >= 4 is 10.9 Å². The van der Waals surface area contributed by atoms with Crippen LogP contribution in [0.5, 0.6) is 0 Å². The van der Waals surface area contributed by atoms with Crippen molar-refractivity contribution in [3.05, 3.63) is 35.5 Å². The summed E-state index contributed by atoms with van der Waals surface area (Å²) in [6.45, 7) is 7.32. The van der Waals surface area contributed by atoms with E-state index >= 15 is 0 Å². The van der Waals surface area contributed by atoms with Crippen molar-refractivity contribution < 1.29 is 0 Å². The first-order valence-corrected chi connectivity index (χ1v) is 5.94. The summed E-state index contributed by atoms with van der Waals surface area (Å²) in [6.07, 6.45) is 3.20. The lowest BCUT2D eigenvalue weighted by Crippen LogP contribution is -2.06. The van der Waals surface area contributed by atoms with Crippen molar-refractivity contribution in [3.8, 4) is 0 Å². The van der Waals surface area contributed by atoms with Gasteiger partial charge >= 0.3 is 0 Å². The number of hydrogen-bond acceptors (Lipinski definition) is 1. The second kappa shape index (κ2) is 4.30. The number of aromatic nitrogens is 1. The van der Waals surface area contributed by atoms with Crippen molar-refractivity contribution in [1.29, 1.82) is 0 Å². The molecule has 16 heavy (non-hydrogen) atoms. The van der Waals surface area contributed by atoms with Crippen LogP contribution in [-0.2, 0) is 6.42 Å². The van der Waals surface area contributed by atoms with Gasteiger partial charge in [0.1, 0.15) is 0 Å². The number of nitrogens with two attached hydrogens (primary N) is 1. The molecule has 0 fully saturated rings. The van der Waals surface area contributed by atoms with Gasteiger partial charge in [0.15, 0.2) is 0 Å². The molecule has 0 bridgehead atoms. The number of nitrogens with zero attached hydrogens (tertiary/aromatic N) is 1. The van der Waals surface area contributed by atoms with Crippen LogP contribution in [0.25, 0.3) is 10.9 Å². The number of hydrogen-bond donors (Lipinski definition) is 1. The summed E-state index contributed by atoms with van der Waals surface area (Å²) < 4.78 is 2.36. The summed E-state index contributed by atoms with van der Waals surface area (Å²) in [5, 5.41) is 1.36. The minimum absolute atomic E-state index is 0.495. The van der Waals surface area contributed by atoms with E-state index in [0.717, 1.165) is 6.42 Å². The van der Waals surface area contributed by atoms with Crippen molar-refractivity contribution in [1.82, 2.24) is 4.57 Å². The predicted molar refractivity (Wildman–Crippen MR) is 69.8 cm³/mol. The van der Waals surface area contributed by atoms with Crippen LogP contribution < -0.4 is 5.73 Å².